The van der Waals surface area contributed by atoms with Gasteiger partial charge in [0.1, 0.15) is 0 Å². The molecule has 2 unspecified atom stereocenters. The van der Waals surface area contributed by atoms with Gasteiger partial charge in [0.05, 0.1) is 34.7 Å². The van der Waals surface area contributed by atoms with Gasteiger partial charge in [-0.25, -0.2) is 0 Å². The molecular formula is C29H63N3O2+2. The van der Waals surface area contributed by atoms with Crippen LogP contribution in [-0.4, -0.2) is 73.7 Å². The van der Waals surface area contributed by atoms with E-state index in [1.807, 2.05) is 14.1 Å². The van der Waals surface area contributed by atoms with E-state index in [0.717, 1.165) is 17.4 Å². The molecule has 2 N–H and O–H groups in total. The molecule has 0 bridgehead atoms. The van der Waals surface area contributed by atoms with E-state index in [1.54, 1.807) is 6.92 Å². The molecular weight excluding hydrogens is 422 g/mol. The van der Waals surface area contributed by atoms with Crippen LogP contribution in [0.1, 0.15) is 130 Å². The minimum Gasteiger partial charge on any atom is -0.345 e. The number of aliphatic hydroxyl groups is 1. The monoisotopic (exact) mass is 485 g/mol. The van der Waals surface area contributed by atoms with Gasteiger partial charge < -0.3 is 14.9 Å². The number of nitrogens with zero attached hydrogens (tertiary/aromatic N) is 2. The molecule has 0 aromatic heterocycles. The van der Waals surface area contributed by atoms with Crippen LogP contribution in [0.5, 0.6) is 0 Å². The Morgan fingerprint density at radius 1 is 0.706 bits per heavy atom. The van der Waals surface area contributed by atoms with Gasteiger partial charge in [-0.3, -0.25) is 9.28 Å². The van der Waals surface area contributed by atoms with Crippen LogP contribution in [0.15, 0.2) is 0 Å². The zero-order valence-corrected chi connectivity index (χ0v) is 24.3. The number of amides is 1. The first-order valence-electron chi connectivity index (χ1n) is 14.7. The van der Waals surface area contributed by atoms with Crippen molar-refractivity contribution in [3.8, 4) is 0 Å². The number of unbranched alkanes of at least 4 members (excludes halogenated alkanes) is 15. The summed E-state index contributed by atoms with van der Waals surface area (Å²) in [4.78, 5) is 12.7. The van der Waals surface area contributed by atoms with Crippen molar-refractivity contribution in [2.75, 3.05) is 41.3 Å². The fourth-order valence-corrected chi connectivity index (χ4v) is 4.79. The molecule has 204 valence electrons. The lowest BCUT2D eigenvalue weighted by molar-refractivity contribution is -0.959. The molecule has 1 amide bonds. The van der Waals surface area contributed by atoms with Crippen molar-refractivity contribution in [3.05, 3.63) is 0 Å². The van der Waals surface area contributed by atoms with E-state index in [1.165, 1.54) is 103 Å². The van der Waals surface area contributed by atoms with Gasteiger partial charge in [-0.2, -0.15) is 0 Å². The Hall–Kier alpha value is -0.650. The summed E-state index contributed by atoms with van der Waals surface area (Å²) in [7, 11) is 8.24. The molecule has 0 saturated heterocycles. The highest BCUT2D eigenvalue weighted by molar-refractivity contribution is 5.77. The van der Waals surface area contributed by atoms with E-state index in [2.05, 4.69) is 33.3 Å². The topological polar surface area (TPSA) is 49.3 Å². The number of nitrogens with one attached hydrogen (secondary N) is 1. The second-order valence-electron chi connectivity index (χ2n) is 11.9. The number of quaternary nitrogens is 2. The Morgan fingerprint density at radius 3 is 1.44 bits per heavy atom. The maximum atomic E-state index is 12.7. The second kappa shape index (κ2) is 19.5. The van der Waals surface area contributed by atoms with E-state index in [-0.39, 0.29) is 12.1 Å². The molecule has 5 nitrogen and oxygen atoms in total. The molecule has 0 fully saturated rings. The van der Waals surface area contributed by atoms with Gasteiger partial charge in [0.15, 0.2) is 18.9 Å². The lowest BCUT2D eigenvalue weighted by atomic mass is 10.0. The molecule has 2 atom stereocenters. The third-order valence-corrected chi connectivity index (χ3v) is 7.67. The number of carbonyl (C=O) groups excluding carboxylic acids is 1. The summed E-state index contributed by atoms with van der Waals surface area (Å²) in [6.45, 7) is 7.66. The highest BCUT2D eigenvalue weighted by Crippen LogP contribution is 2.15. The fourth-order valence-electron chi connectivity index (χ4n) is 4.79. The van der Waals surface area contributed by atoms with Crippen LogP contribution in [0.4, 0.5) is 0 Å². The molecule has 0 aromatic carbocycles. The lowest BCUT2D eigenvalue weighted by Gasteiger charge is -2.40. The maximum Gasteiger partial charge on any atom is 0.279 e. The normalized spacial score (nSPS) is 14.2. The van der Waals surface area contributed by atoms with Crippen molar-refractivity contribution in [1.29, 1.82) is 0 Å². The Labute approximate surface area is 213 Å². The van der Waals surface area contributed by atoms with Crippen molar-refractivity contribution >= 4 is 5.91 Å². The molecule has 5 heteroatoms. The predicted molar refractivity (Wildman–Crippen MR) is 147 cm³/mol. The van der Waals surface area contributed by atoms with E-state index < -0.39 is 6.23 Å². The van der Waals surface area contributed by atoms with Gasteiger partial charge in [-0.1, -0.05) is 104 Å². The number of hydrogen-bond donors (Lipinski definition) is 2. The van der Waals surface area contributed by atoms with Crippen molar-refractivity contribution in [1.82, 2.24) is 5.32 Å². The fraction of sp³-hybridized carbons (Fsp3) is 0.966. The van der Waals surface area contributed by atoms with Crippen molar-refractivity contribution < 1.29 is 18.9 Å². The highest BCUT2D eigenvalue weighted by Gasteiger charge is 2.33. The van der Waals surface area contributed by atoms with Gasteiger partial charge in [0, 0.05) is 13.3 Å². The number of aliphatic hydroxyl groups excluding tert-OH is 1. The Balaban J connectivity index is 3.74. The van der Waals surface area contributed by atoms with Crippen LogP contribution in [0.25, 0.3) is 0 Å². The largest absolute Gasteiger partial charge is 0.345 e. The third kappa shape index (κ3) is 16.9. The Kier molecular flexibility index (Phi) is 19.2. The minimum absolute atomic E-state index is 0.0666. The van der Waals surface area contributed by atoms with Gasteiger partial charge in [0.25, 0.3) is 5.91 Å². The molecule has 0 aliphatic heterocycles. The van der Waals surface area contributed by atoms with Crippen LogP contribution in [0.2, 0.25) is 0 Å². The molecule has 0 aliphatic carbocycles. The van der Waals surface area contributed by atoms with Gasteiger partial charge in [0.2, 0.25) is 0 Å². The van der Waals surface area contributed by atoms with Crippen LogP contribution >= 0.6 is 0 Å². The van der Waals surface area contributed by atoms with E-state index in [0.29, 0.717) is 11.0 Å². The first kappa shape index (κ1) is 33.4. The SMILES string of the molecule is CCCCCCCCCCCCCCCCCC[N+](C)(C)CC(=O)NC(CC)[N+](C)(C)C(C)O. The van der Waals surface area contributed by atoms with Crippen molar-refractivity contribution in [3.63, 3.8) is 0 Å². The van der Waals surface area contributed by atoms with Crippen LogP contribution in [0.3, 0.4) is 0 Å². The third-order valence-electron chi connectivity index (χ3n) is 7.67. The predicted octanol–water partition coefficient (Wildman–Crippen LogP) is 6.59. The van der Waals surface area contributed by atoms with Gasteiger partial charge >= 0.3 is 0 Å². The minimum atomic E-state index is -0.516. The zero-order chi connectivity index (χ0) is 25.9. The summed E-state index contributed by atoms with van der Waals surface area (Å²) in [5.74, 6) is 0.0835. The number of carbonyl (C=O) groups is 1. The first-order valence-corrected chi connectivity index (χ1v) is 14.7. The van der Waals surface area contributed by atoms with Crippen molar-refractivity contribution in [2.24, 2.45) is 0 Å². The average molecular weight is 486 g/mol. The zero-order valence-electron chi connectivity index (χ0n) is 24.3. The molecule has 0 saturated carbocycles. The Bertz CT molecular complexity index is 492. The molecule has 0 aromatic rings. The quantitative estimate of drug-likeness (QED) is 0.0974. The number of hydrogen-bond acceptors (Lipinski definition) is 2. The summed E-state index contributed by atoms with van der Waals surface area (Å²) < 4.78 is 1.11. The van der Waals surface area contributed by atoms with E-state index in [9.17, 15) is 9.90 Å². The number of rotatable bonds is 23. The standard InChI is InChI=1S/C29H62N3O2/c1-8-10-11-12-13-14-15-16-17-18-19-20-21-22-23-24-25-31(4,5)26-29(34)30-28(9-2)32(6,7)27(3)33/h27-28,33H,8-26H2,1-7H3/q+1/p+1. The Morgan fingerprint density at radius 2 is 1.09 bits per heavy atom. The summed E-state index contributed by atoms with van der Waals surface area (Å²) >= 11 is 0. The summed E-state index contributed by atoms with van der Waals surface area (Å²) in [6.07, 6.45) is 22.4. The summed E-state index contributed by atoms with van der Waals surface area (Å²) in [6, 6.07) is 0. The molecule has 0 radical (unpaired) electrons. The molecule has 0 spiro atoms. The van der Waals surface area contributed by atoms with Crippen LogP contribution < -0.4 is 5.32 Å². The summed E-state index contributed by atoms with van der Waals surface area (Å²) in [5, 5.41) is 13.2. The highest BCUT2D eigenvalue weighted by atomic mass is 16.3. The van der Waals surface area contributed by atoms with Crippen LogP contribution in [0, 0.1) is 0 Å². The number of likely N-dealkylation sites (N-methyl/N-ethyl adjacent to an activating group) is 1. The average Bonchev–Trinajstić information content (AvgIpc) is 2.76. The van der Waals surface area contributed by atoms with Crippen LogP contribution in [-0.2, 0) is 4.79 Å². The maximum absolute atomic E-state index is 12.7. The smallest absolute Gasteiger partial charge is 0.279 e. The van der Waals surface area contributed by atoms with E-state index in [4.69, 9.17) is 0 Å². The first-order chi connectivity index (χ1) is 16.1. The van der Waals surface area contributed by atoms with Gasteiger partial charge in [-0.15, -0.1) is 0 Å². The van der Waals surface area contributed by atoms with Gasteiger partial charge in [-0.05, 0) is 12.8 Å². The molecule has 0 rings (SSSR count). The second-order valence-corrected chi connectivity index (χ2v) is 11.9. The summed E-state index contributed by atoms with van der Waals surface area (Å²) in [5.41, 5.74) is 0. The molecule has 0 aliphatic rings. The van der Waals surface area contributed by atoms with Crippen molar-refractivity contribution in [2.45, 2.75) is 142 Å². The molecule has 34 heavy (non-hydrogen) atoms. The molecule has 0 heterocycles. The van der Waals surface area contributed by atoms with E-state index >= 15 is 0 Å². The lowest BCUT2D eigenvalue weighted by Crippen LogP contribution is -2.62.